The van der Waals surface area contributed by atoms with Crippen molar-refractivity contribution in [1.82, 2.24) is 20.1 Å². The van der Waals surface area contributed by atoms with Gasteiger partial charge in [-0.3, -0.25) is 4.90 Å². The summed E-state index contributed by atoms with van der Waals surface area (Å²) >= 11 is 1.66. The Bertz CT molecular complexity index is 632. The first-order valence-corrected chi connectivity index (χ1v) is 8.38. The maximum absolute atomic E-state index is 5.84. The van der Waals surface area contributed by atoms with Crippen LogP contribution in [0.3, 0.4) is 0 Å². The van der Waals surface area contributed by atoms with Gasteiger partial charge in [-0.25, -0.2) is 4.98 Å². The van der Waals surface area contributed by atoms with E-state index in [0.717, 1.165) is 23.8 Å². The molecule has 3 heterocycles. The zero-order chi connectivity index (χ0) is 15.7. The molecule has 1 fully saturated rings. The molecule has 1 saturated heterocycles. The van der Waals surface area contributed by atoms with E-state index in [-0.39, 0.29) is 11.5 Å². The first-order valence-electron chi connectivity index (χ1n) is 7.50. The molecular weight excluding hydrogens is 300 g/mol. The quantitative estimate of drug-likeness (QED) is 0.866. The molecule has 0 bridgehead atoms. The highest BCUT2D eigenvalue weighted by Gasteiger charge is 2.27. The SMILES string of the molecule is Cc1csc(C2CN(Cc3nnc(C(C)(C)C)o3)CCO2)n1. The first-order chi connectivity index (χ1) is 10.4. The van der Waals surface area contributed by atoms with Crippen LogP contribution in [0.4, 0.5) is 0 Å². The van der Waals surface area contributed by atoms with E-state index in [1.54, 1.807) is 11.3 Å². The molecule has 7 heteroatoms. The Morgan fingerprint density at radius 3 is 2.82 bits per heavy atom. The molecular formula is C15H22N4O2S. The van der Waals surface area contributed by atoms with E-state index in [1.165, 1.54) is 0 Å². The molecule has 1 aliphatic rings. The van der Waals surface area contributed by atoms with Crippen LogP contribution < -0.4 is 0 Å². The number of hydrogen-bond donors (Lipinski definition) is 0. The predicted molar refractivity (Wildman–Crippen MR) is 83.8 cm³/mol. The molecule has 0 amide bonds. The molecule has 2 aromatic rings. The lowest BCUT2D eigenvalue weighted by Crippen LogP contribution is -2.37. The van der Waals surface area contributed by atoms with Gasteiger partial charge in [0.2, 0.25) is 11.8 Å². The minimum absolute atomic E-state index is 0.0393. The predicted octanol–water partition coefficient (Wildman–Crippen LogP) is 2.71. The number of rotatable bonds is 3. The number of morpholine rings is 1. The summed E-state index contributed by atoms with van der Waals surface area (Å²) in [5, 5.41) is 11.4. The van der Waals surface area contributed by atoms with Crippen LogP contribution in [0.2, 0.25) is 0 Å². The Morgan fingerprint density at radius 1 is 1.36 bits per heavy atom. The van der Waals surface area contributed by atoms with E-state index in [2.05, 4.69) is 46.2 Å². The number of ether oxygens (including phenoxy) is 1. The van der Waals surface area contributed by atoms with Gasteiger partial charge in [0.25, 0.3) is 0 Å². The molecule has 1 atom stereocenters. The fourth-order valence-electron chi connectivity index (χ4n) is 2.33. The van der Waals surface area contributed by atoms with Gasteiger partial charge in [-0.2, -0.15) is 0 Å². The zero-order valence-electron chi connectivity index (χ0n) is 13.5. The van der Waals surface area contributed by atoms with Gasteiger partial charge in [-0.15, -0.1) is 21.5 Å². The van der Waals surface area contributed by atoms with Crippen molar-refractivity contribution in [3.63, 3.8) is 0 Å². The van der Waals surface area contributed by atoms with E-state index >= 15 is 0 Å². The highest BCUT2D eigenvalue weighted by molar-refractivity contribution is 7.09. The second kappa shape index (κ2) is 6.06. The first kappa shape index (κ1) is 15.6. The molecule has 3 rings (SSSR count). The number of thiazole rings is 1. The summed E-state index contributed by atoms with van der Waals surface area (Å²) in [7, 11) is 0. The number of nitrogens with zero attached hydrogens (tertiary/aromatic N) is 4. The Morgan fingerprint density at radius 2 is 2.18 bits per heavy atom. The number of aryl methyl sites for hydroxylation is 1. The monoisotopic (exact) mass is 322 g/mol. The van der Waals surface area contributed by atoms with E-state index in [9.17, 15) is 0 Å². The summed E-state index contributed by atoms with van der Waals surface area (Å²) in [5.74, 6) is 1.35. The molecule has 1 aliphatic heterocycles. The molecule has 22 heavy (non-hydrogen) atoms. The highest BCUT2D eigenvalue weighted by Crippen LogP contribution is 2.26. The second-order valence-corrected chi connectivity index (χ2v) is 7.56. The molecule has 6 nitrogen and oxygen atoms in total. The van der Waals surface area contributed by atoms with Crippen molar-refractivity contribution in [3.05, 3.63) is 27.9 Å². The lowest BCUT2D eigenvalue weighted by molar-refractivity contribution is -0.0354. The van der Waals surface area contributed by atoms with Crippen LogP contribution >= 0.6 is 11.3 Å². The van der Waals surface area contributed by atoms with E-state index in [0.29, 0.717) is 24.9 Å². The van der Waals surface area contributed by atoms with Crippen LogP contribution in [0.5, 0.6) is 0 Å². The van der Waals surface area contributed by atoms with Gasteiger partial charge in [-0.05, 0) is 6.92 Å². The summed E-state index contributed by atoms with van der Waals surface area (Å²) in [6, 6.07) is 0. The Kier molecular flexibility index (Phi) is 4.29. The van der Waals surface area contributed by atoms with Gasteiger partial charge in [0.15, 0.2) is 0 Å². The van der Waals surface area contributed by atoms with Crippen LogP contribution in [0.1, 0.15) is 49.4 Å². The van der Waals surface area contributed by atoms with E-state index in [1.807, 2.05) is 6.92 Å². The van der Waals surface area contributed by atoms with Crippen molar-refractivity contribution in [2.24, 2.45) is 0 Å². The van der Waals surface area contributed by atoms with Crippen molar-refractivity contribution in [3.8, 4) is 0 Å². The minimum Gasteiger partial charge on any atom is -0.423 e. The van der Waals surface area contributed by atoms with Crippen molar-refractivity contribution in [2.45, 2.75) is 45.8 Å². The average Bonchev–Trinajstić information content (AvgIpc) is 3.08. The molecule has 0 radical (unpaired) electrons. The topological polar surface area (TPSA) is 64.3 Å². The average molecular weight is 322 g/mol. The van der Waals surface area contributed by atoms with Crippen molar-refractivity contribution in [2.75, 3.05) is 19.7 Å². The van der Waals surface area contributed by atoms with Crippen molar-refractivity contribution >= 4 is 11.3 Å². The van der Waals surface area contributed by atoms with Gasteiger partial charge in [0, 0.05) is 29.6 Å². The van der Waals surface area contributed by atoms with Gasteiger partial charge >= 0.3 is 0 Å². The Balaban J connectivity index is 1.64. The molecule has 2 aromatic heterocycles. The lowest BCUT2D eigenvalue weighted by atomic mass is 9.97. The summed E-state index contributed by atoms with van der Waals surface area (Å²) in [6.45, 7) is 11.2. The van der Waals surface area contributed by atoms with E-state index in [4.69, 9.17) is 9.15 Å². The number of aromatic nitrogens is 3. The summed E-state index contributed by atoms with van der Waals surface area (Å²) in [4.78, 5) is 6.81. The highest BCUT2D eigenvalue weighted by atomic mass is 32.1. The van der Waals surface area contributed by atoms with Gasteiger partial charge in [-0.1, -0.05) is 20.8 Å². The minimum atomic E-state index is -0.114. The van der Waals surface area contributed by atoms with Gasteiger partial charge in [0.05, 0.1) is 13.2 Å². The van der Waals surface area contributed by atoms with Gasteiger partial charge in [0.1, 0.15) is 11.1 Å². The maximum Gasteiger partial charge on any atom is 0.230 e. The van der Waals surface area contributed by atoms with Gasteiger partial charge < -0.3 is 9.15 Å². The molecule has 120 valence electrons. The Hall–Kier alpha value is -1.31. The lowest BCUT2D eigenvalue weighted by Gasteiger charge is -2.30. The molecule has 0 aliphatic carbocycles. The Labute approximate surface area is 134 Å². The fraction of sp³-hybridized carbons (Fsp3) is 0.667. The van der Waals surface area contributed by atoms with Crippen LogP contribution in [0.15, 0.2) is 9.80 Å². The number of hydrogen-bond acceptors (Lipinski definition) is 7. The third-order valence-corrected chi connectivity index (χ3v) is 4.58. The zero-order valence-corrected chi connectivity index (χ0v) is 14.3. The molecule has 0 aromatic carbocycles. The molecule has 0 N–H and O–H groups in total. The second-order valence-electron chi connectivity index (χ2n) is 6.67. The van der Waals surface area contributed by atoms with Crippen molar-refractivity contribution in [1.29, 1.82) is 0 Å². The largest absolute Gasteiger partial charge is 0.423 e. The molecule has 0 saturated carbocycles. The third-order valence-electron chi connectivity index (χ3n) is 3.53. The summed E-state index contributed by atoms with van der Waals surface area (Å²) in [5.41, 5.74) is 0.935. The fourth-order valence-corrected chi connectivity index (χ4v) is 3.16. The molecule has 0 spiro atoms. The summed E-state index contributed by atoms with van der Waals surface area (Å²) < 4.78 is 11.6. The smallest absolute Gasteiger partial charge is 0.230 e. The third kappa shape index (κ3) is 3.53. The summed E-state index contributed by atoms with van der Waals surface area (Å²) in [6.07, 6.45) is 0.0393. The maximum atomic E-state index is 5.84. The normalized spacial score (nSPS) is 20.5. The van der Waals surface area contributed by atoms with Crippen LogP contribution in [0, 0.1) is 6.92 Å². The van der Waals surface area contributed by atoms with Crippen molar-refractivity contribution < 1.29 is 9.15 Å². The standard InChI is InChI=1S/C15H22N4O2S/c1-10-9-22-13(16-10)11-7-19(5-6-20-11)8-12-17-18-14(21-12)15(2,3)4/h9,11H,5-8H2,1-4H3. The van der Waals surface area contributed by atoms with E-state index < -0.39 is 0 Å². The van der Waals surface area contributed by atoms with Crippen LogP contribution in [-0.4, -0.2) is 39.8 Å². The van der Waals surface area contributed by atoms with Crippen LogP contribution in [0.25, 0.3) is 0 Å². The van der Waals surface area contributed by atoms with Crippen LogP contribution in [-0.2, 0) is 16.7 Å². The molecule has 1 unspecified atom stereocenters.